The second-order valence-electron chi connectivity index (χ2n) is 6.57. The molecule has 0 bridgehead atoms. The fourth-order valence-corrected chi connectivity index (χ4v) is 4.08. The van der Waals surface area contributed by atoms with Gasteiger partial charge in [0.15, 0.2) is 0 Å². The molecule has 31 heavy (non-hydrogen) atoms. The minimum atomic E-state index is -0.459. The second-order valence-corrected chi connectivity index (χ2v) is 7.51. The minimum Gasteiger partial charge on any atom is -0.497 e. The molecule has 0 aliphatic carbocycles. The van der Waals surface area contributed by atoms with Crippen LogP contribution in [0.25, 0.3) is 5.57 Å². The number of hydrogen-bond acceptors (Lipinski definition) is 7. The average Bonchev–Trinajstić information content (AvgIpc) is 3.40. The van der Waals surface area contributed by atoms with Crippen molar-refractivity contribution in [3.8, 4) is 17.2 Å². The average molecular weight is 436 g/mol. The van der Waals surface area contributed by atoms with E-state index in [9.17, 15) is 9.59 Å². The summed E-state index contributed by atoms with van der Waals surface area (Å²) in [5, 5.41) is 4.98. The Bertz CT molecular complexity index is 1170. The van der Waals surface area contributed by atoms with E-state index in [0.717, 1.165) is 4.90 Å². The highest BCUT2D eigenvalue weighted by Crippen LogP contribution is 2.38. The van der Waals surface area contributed by atoms with Gasteiger partial charge in [0.25, 0.3) is 11.8 Å². The van der Waals surface area contributed by atoms with Crippen molar-refractivity contribution in [1.82, 2.24) is 0 Å². The van der Waals surface area contributed by atoms with Gasteiger partial charge in [-0.1, -0.05) is 12.1 Å². The molecule has 1 aromatic heterocycles. The number of anilines is 2. The van der Waals surface area contributed by atoms with Gasteiger partial charge >= 0.3 is 0 Å². The standard InChI is InChI=1S/C23H20N2O5S/c1-28-15-7-4-6-14(12-15)25-22(26)20(19-8-5-11-31-19)21(23(25)27)24-17-10-9-16(29-2)13-18(17)30-3/h4-13,24H,1-3H3. The fourth-order valence-electron chi connectivity index (χ4n) is 3.32. The van der Waals surface area contributed by atoms with Crippen molar-refractivity contribution >= 4 is 40.1 Å². The minimum absolute atomic E-state index is 0.179. The number of nitrogens with one attached hydrogen (secondary N) is 1. The maximum atomic E-state index is 13.4. The van der Waals surface area contributed by atoms with Crippen molar-refractivity contribution < 1.29 is 23.8 Å². The molecule has 4 rings (SSSR count). The molecule has 7 nitrogen and oxygen atoms in total. The van der Waals surface area contributed by atoms with Crippen molar-refractivity contribution in [2.45, 2.75) is 0 Å². The first-order valence-electron chi connectivity index (χ1n) is 9.37. The highest BCUT2D eigenvalue weighted by Gasteiger charge is 2.41. The summed E-state index contributed by atoms with van der Waals surface area (Å²) in [4.78, 5) is 28.7. The molecule has 0 unspecified atom stereocenters. The van der Waals surface area contributed by atoms with Gasteiger partial charge in [-0.05, 0) is 35.7 Å². The Morgan fingerprint density at radius 2 is 1.61 bits per heavy atom. The van der Waals surface area contributed by atoms with Crippen LogP contribution in [0.15, 0.2) is 65.7 Å². The van der Waals surface area contributed by atoms with Gasteiger partial charge in [-0.25, -0.2) is 4.90 Å². The Hall–Kier alpha value is -3.78. The number of methoxy groups -OCH3 is 3. The van der Waals surface area contributed by atoms with E-state index in [1.807, 2.05) is 17.5 Å². The molecule has 2 heterocycles. The molecule has 1 aliphatic heterocycles. The normalized spacial score (nSPS) is 13.6. The van der Waals surface area contributed by atoms with Gasteiger partial charge in [0.05, 0.1) is 38.3 Å². The van der Waals surface area contributed by atoms with Crippen molar-refractivity contribution in [3.05, 3.63) is 70.6 Å². The van der Waals surface area contributed by atoms with Gasteiger partial charge in [0, 0.05) is 17.0 Å². The van der Waals surface area contributed by atoms with E-state index in [1.165, 1.54) is 25.6 Å². The van der Waals surface area contributed by atoms with Crippen LogP contribution in [-0.2, 0) is 9.59 Å². The van der Waals surface area contributed by atoms with Gasteiger partial charge in [0.2, 0.25) is 0 Å². The third-order valence-corrected chi connectivity index (χ3v) is 5.72. The highest BCUT2D eigenvalue weighted by atomic mass is 32.1. The molecule has 0 fully saturated rings. The molecule has 0 spiro atoms. The molecule has 2 amide bonds. The molecule has 0 saturated heterocycles. The number of rotatable bonds is 7. The number of nitrogens with zero attached hydrogens (tertiary/aromatic N) is 1. The van der Waals surface area contributed by atoms with Gasteiger partial charge in [-0.3, -0.25) is 9.59 Å². The quantitative estimate of drug-likeness (QED) is 0.560. The van der Waals surface area contributed by atoms with Crippen LogP contribution in [0.2, 0.25) is 0 Å². The number of imide groups is 1. The zero-order valence-corrected chi connectivity index (χ0v) is 18.0. The Labute approximate surface area is 183 Å². The molecule has 1 aliphatic rings. The summed E-state index contributed by atoms with van der Waals surface area (Å²) in [6.07, 6.45) is 0. The van der Waals surface area contributed by atoms with Crippen LogP contribution in [0.4, 0.5) is 11.4 Å². The lowest BCUT2D eigenvalue weighted by molar-refractivity contribution is -0.120. The third kappa shape index (κ3) is 3.73. The smallest absolute Gasteiger partial charge is 0.282 e. The Morgan fingerprint density at radius 3 is 2.29 bits per heavy atom. The number of carbonyl (C=O) groups is 2. The summed E-state index contributed by atoms with van der Waals surface area (Å²) in [6, 6.07) is 15.7. The van der Waals surface area contributed by atoms with Gasteiger partial charge in [0.1, 0.15) is 22.9 Å². The van der Waals surface area contributed by atoms with Crippen molar-refractivity contribution in [2.75, 3.05) is 31.5 Å². The van der Waals surface area contributed by atoms with Crippen molar-refractivity contribution in [3.63, 3.8) is 0 Å². The van der Waals surface area contributed by atoms with Crippen LogP contribution in [0.1, 0.15) is 4.88 Å². The Morgan fingerprint density at radius 1 is 0.839 bits per heavy atom. The number of amides is 2. The van der Waals surface area contributed by atoms with E-state index >= 15 is 0 Å². The first-order valence-corrected chi connectivity index (χ1v) is 10.3. The zero-order chi connectivity index (χ0) is 22.0. The first kappa shape index (κ1) is 20.5. The molecule has 0 saturated carbocycles. The van der Waals surface area contributed by atoms with Crippen LogP contribution in [0.5, 0.6) is 17.2 Å². The van der Waals surface area contributed by atoms with E-state index in [4.69, 9.17) is 14.2 Å². The predicted octanol–water partition coefficient (Wildman–Crippen LogP) is 4.17. The van der Waals surface area contributed by atoms with Gasteiger partial charge in [-0.2, -0.15) is 0 Å². The summed E-state index contributed by atoms with van der Waals surface area (Å²) < 4.78 is 15.9. The molecule has 8 heteroatoms. The molecule has 0 atom stereocenters. The number of benzene rings is 2. The lowest BCUT2D eigenvalue weighted by Gasteiger charge is -2.17. The highest BCUT2D eigenvalue weighted by molar-refractivity contribution is 7.11. The Kier molecular flexibility index (Phi) is 5.64. The summed E-state index contributed by atoms with van der Waals surface area (Å²) in [5.41, 5.74) is 1.46. The maximum absolute atomic E-state index is 13.4. The van der Waals surface area contributed by atoms with E-state index in [2.05, 4.69) is 5.32 Å². The lowest BCUT2D eigenvalue weighted by Crippen LogP contribution is -2.32. The Balaban J connectivity index is 1.79. The molecular formula is C23H20N2O5S. The zero-order valence-electron chi connectivity index (χ0n) is 17.2. The molecular weight excluding hydrogens is 416 g/mol. The first-order chi connectivity index (χ1) is 15.1. The molecule has 0 radical (unpaired) electrons. The van der Waals surface area contributed by atoms with Crippen molar-refractivity contribution in [1.29, 1.82) is 0 Å². The van der Waals surface area contributed by atoms with Gasteiger partial charge < -0.3 is 19.5 Å². The van der Waals surface area contributed by atoms with Crippen molar-refractivity contribution in [2.24, 2.45) is 0 Å². The van der Waals surface area contributed by atoms with E-state index in [0.29, 0.717) is 39.1 Å². The van der Waals surface area contributed by atoms with Crippen LogP contribution in [0.3, 0.4) is 0 Å². The fraction of sp³-hybridized carbons (Fsp3) is 0.130. The van der Waals surface area contributed by atoms with E-state index in [1.54, 1.807) is 49.6 Å². The number of thiophene rings is 1. The monoisotopic (exact) mass is 436 g/mol. The topological polar surface area (TPSA) is 77.1 Å². The summed E-state index contributed by atoms with van der Waals surface area (Å²) >= 11 is 1.39. The molecule has 158 valence electrons. The van der Waals surface area contributed by atoms with Crippen LogP contribution in [-0.4, -0.2) is 33.1 Å². The molecule has 3 aromatic rings. The van der Waals surface area contributed by atoms with E-state index in [-0.39, 0.29) is 5.70 Å². The van der Waals surface area contributed by atoms with Crippen LogP contribution >= 0.6 is 11.3 Å². The van der Waals surface area contributed by atoms with E-state index < -0.39 is 11.8 Å². The largest absolute Gasteiger partial charge is 0.497 e. The summed E-state index contributed by atoms with van der Waals surface area (Å²) in [5.74, 6) is 0.781. The predicted molar refractivity (Wildman–Crippen MR) is 120 cm³/mol. The summed E-state index contributed by atoms with van der Waals surface area (Å²) in [6.45, 7) is 0. The molecule has 2 aromatic carbocycles. The number of carbonyl (C=O) groups excluding carboxylic acids is 2. The second kappa shape index (κ2) is 8.53. The SMILES string of the molecule is COc1cccc(N2C(=O)C(Nc3ccc(OC)cc3OC)=C(c3cccs3)C2=O)c1. The van der Waals surface area contributed by atoms with Crippen LogP contribution in [0, 0.1) is 0 Å². The molecule has 1 N–H and O–H groups in total. The van der Waals surface area contributed by atoms with Crippen LogP contribution < -0.4 is 24.4 Å². The lowest BCUT2D eigenvalue weighted by atomic mass is 10.1. The number of ether oxygens (including phenoxy) is 3. The van der Waals surface area contributed by atoms with Gasteiger partial charge in [-0.15, -0.1) is 11.3 Å². The third-order valence-electron chi connectivity index (χ3n) is 4.83. The number of hydrogen-bond donors (Lipinski definition) is 1. The maximum Gasteiger partial charge on any atom is 0.282 e. The summed E-state index contributed by atoms with van der Waals surface area (Å²) in [7, 11) is 4.62.